The van der Waals surface area contributed by atoms with E-state index in [0.717, 1.165) is 29.5 Å². The first-order chi connectivity index (χ1) is 12.9. The molecule has 3 heterocycles. The van der Waals surface area contributed by atoms with E-state index in [2.05, 4.69) is 4.90 Å². The minimum atomic E-state index is -0.545. The number of hydrogen-bond acceptors (Lipinski definition) is 5. The zero-order chi connectivity index (χ0) is 19.5. The molecule has 8 heteroatoms. The van der Waals surface area contributed by atoms with Gasteiger partial charge >= 0.3 is 6.03 Å². The summed E-state index contributed by atoms with van der Waals surface area (Å²) in [6.07, 6.45) is -0.514. The summed E-state index contributed by atoms with van der Waals surface area (Å²) in [6.45, 7) is 6.97. The highest BCUT2D eigenvalue weighted by Gasteiger charge is 2.55. The van der Waals surface area contributed by atoms with Crippen LogP contribution in [0.3, 0.4) is 0 Å². The van der Waals surface area contributed by atoms with Gasteiger partial charge in [0.2, 0.25) is 5.96 Å². The van der Waals surface area contributed by atoms with Crippen molar-refractivity contribution in [1.82, 2.24) is 19.6 Å². The van der Waals surface area contributed by atoms with Crippen molar-refractivity contribution in [2.24, 2.45) is 4.99 Å². The van der Waals surface area contributed by atoms with Crippen LogP contribution in [-0.4, -0.2) is 63.3 Å². The molecular formula is C19H22ClN5O2. The van der Waals surface area contributed by atoms with Gasteiger partial charge < -0.3 is 9.80 Å². The molecule has 2 unspecified atom stereocenters. The SMILES string of the molecule is CCN1C2=NC3C(C(=O)N(Cc4ccccc4Cl)C(=O)N3C)N2C(C)=C1C. The van der Waals surface area contributed by atoms with Crippen molar-refractivity contribution in [2.45, 2.75) is 39.5 Å². The number of allylic oxidation sites excluding steroid dienone is 2. The number of fused-ring (bicyclic) bond motifs is 3. The predicted octanol–water partition coefficient (Wildman–Crippen LogP) is 2.69. The van der Waals surface area contributed by atoms with Crippen molar-refractivity contribution in [3.8, 4) is 0 Å². The highest BCUT2D eigenvalue weighted by molar-refractivity contribution is 6.31. The maximum atomic E-state index is 13.3. The number of amides is 3. The minimum Gasteiger partial charge on any atom is -0.315 e. The lowest BCUT2D eigenvalue weighted by molar-refractivity contribution is -0.137. The number of urea groups is 1. The van der Waals surface area contributed by atoms with Gasteiger partial charge in [-0.1, -0.05) is 29.8 Å². The number of hydrogen-bond donors (Lipinski definition) is 0. The molecule has 0 N–H and O–H groups in total. The maximum Gasteiger partial charge on any atom is 0.328 e. The molecule has 0 saturated carbocycles. The van der Waals surface area contributed by atoms with Gasteiger partial charge in [-0.2, -0.15) is 0 Å². The van der Waals surface area contributed by atoms with E-state index in [9.17, 15) is 9.59 Å². The predicted molar refractivity (Wildman–Crippen MR) is 103 cm³/mol. The van der Waals surface area contributed by atoms with Gasteiger partial charge in [-0.15, -0.1) is 0 Å². The third kappa shape index (κ3) is 2.45. The quantitative estimate of drug-likeness (QED) is 0.800. The number of aliphatic imine (C=N–C) groups is 1. The fourth-order valence-corrected chi connectivity index (χ4v) is 4.20. The number of nitrogens with zero attached hydrogens (tertiary/aromatic N) is 5. The fourth-order valence-electron chi connectivity index (χ4n) is 4.00. The molecule has 0 aliphatic carbocycles. The molecule has 27 heavy (non-hydrogen) atoms. The maximum absolute atomic E-state index is 13.3. The summed E-state index contributed by atoms with van der Waals surface area (Å²) in [4.78, 5) is 37.8. The summed E-state index contributed by atoms with van der Waals surface area (Å²) in [7, 11) is 1.69. The monoisotopic (exact) mass is 387 g/mol. The van der Waals surface area contributed by atoms with Gasteiger partial charge in [0.1, 0.15) is 0 Å². The molecule has 3 amide bonds. The van der Waals surface area contributed by atoms with Crippen molar-refractivity contribution in [1.29, 1.82) is 0 Å². The zero-order valence-electron chi connectivity index (χ0n) is 15.8. The van der Waals surface area contributed by atoms with Crippen molar-refractivity contribution in [3.63, 3.8) is 0 Å². The van der Waals surface area contributed by atoms with Gasteiger partial charge in [-0.05, 0) is 32.4 Å². The molecule has 1 aromatic rings. The lowest BCUT2D eigenvalue weighted by atomic mass is 10.1. The summed E-state index contributed by atoms with van der Waals surface area (Å²) in [5.74, 6) is 0.502. The van der Waals surface area contributed by atoms with Crippen LogP contribution in [0.5, 0.6) is 0 Å². The molecule has 1 aromatic carbocycles. The highest BCUT2D eigenvalue weighted by Crippen LogP contribution is 2.37. The molecule has 1 fully saturated rings. The fraction of sp³-hybridized carbons (Fsp3) is 0.421. The van der Waals surface area contributed by atoms with E-state index in [-0.39, 0.29) is 18.5 Å². The molecule has 1 saturated heterocycles. The van der Waals surface area contributed by atoms with E-state index < -0.39 is 12.2 Å². The average Bonchev–Trinajstić information content (AvgIpc) is 3.14. The number of likely N-dealkylation sites (N-methyl/N-ethyl adjacent to an activating group) is 1. The largest absolute Gasteiger partial charge is 0.328 e. The van der Waals surface area contributed by atoms with Crippen LogP contribution in [0.1, 0.15) is 26.3 Å². The van der Waals surface area contributed by atoms with Crippen LogP contribution < -0.4 is 0 Å². The topological polar surface area (TPSA) is 59.5 Å². The Kier molecular flexibility index (Phi) is 4.14. The lowest BCUT2D eigenvalue weighted by Gasteiger charge is -2.40. The molecule has 142 valence electrons. The minimum absolute atomic E-state index is 0.146. The van der Waals surface area contributed by atoms with Gasteiger partial charge in [-0.3, -0.25) is 14.6 Å². The van der Waals surface area contributed by atoms with Crippen LogP contribution in [0, 0.1) is 0 Å². The number of halogens is 1. The second kappa shape index (κ2) is 6.27. The molecule has 3 aliphatic rings. The molecule has 4 rings (SSSR count). The average molecular weight is 388 g/mol. The number of rotatable bonds is 3. The Hall–Kier alpha value is -2.54. The van der Waals surface area contributed by atoms with Crippen LogP contribution in [-0.2, 0) is 11.3 Å². The Labute approximate surface area is 163 Å². The van der Waals surface area contributed by atoms with Gasteiger partial charge in [0.15, 0.2) is 12.2 Å². The number of imide groups is 1. The summed E-state index contributed by atoms with van der Waals surface area (Å²) >= 11 is 6.25. The smallest absolute Gasteiger partial charge is 0.315 e. The van der Waals surface area contributed by atoms with Crippen LogP contribution >= 0.6 is 11.6 Å². The van der Waals surface area contributed by atoms with Crippen LogP contribution in [0.25, 0.3) is 0 Å². The van der Waals surface area contributed by atoms with Gasteiger partial charge in [0.25, 0.3) is 5.91 Å². The summed E-state index contributed by atoms with van der Waals surface area (Å²) in [5.41, 5.74) is 2.82. The summed E-state index contributed by atoms with van der Waals surface area (Å²) in [5, 5.41) is 0.538. The Morgan fingerprint density at radius 3 is 2.48 bits per heavy atom. The number of guanidine groups is 1. The van der Waals surface area contributed by atoms with E-state index in [4.69, 9.17) is 16.6 Å². The van der Waals surface area contributed by atoms with Gasteiger partial charge in [0, 0.05) is 30.0 Å². The first-order valence-electron chi connectivity index (χ1n) is 9.00. The Morgan fingerprint density at radius 1 is 1.11 bits per heavy atom. The van der Waals surface area contributed by atoms with Crippen molar-refractivity contribution in [2.75, 3.05) is 13.6 Å². The van der Waals surface area contributed by atoms with E-state index in [0.29, 0.717) is 5.02 Å². The second-order valence-corrected chi connectivity index (χ2v) is 7.39. The standard InChI is InChI=1S/C19H22ClN5O2/c1-5-23-11(2)12(3)25-15-16(21-18(23)25)22(4)19(27)24(17(15)26)10-13-8-6-7-9-14(13)20/h6-9,15-16H,5,10H2,1-4H3. The van der Waals surface area contributed by atoms with Gasteiger partial charge in [0.05, 0.1) is 6.54 Å². The third-order valence-electron chi connectivity index (χ3n) is 5.61. The Bertz CT molecular complexity index is 896. The van der Waals surface area contributed by atoms with Crippen molar-refractivity contribution >= 4 is 29.5 Å². The second-order valence-electron chi connectivity index (χ2n) is 6.98. The number of benzene rings is 1. The lowest BCUT2D eigenvalue weighted by Crippen LogP contribution is -2.64. The number of carbonyl (C=O) groups excluding carboxylic acids is 2. The summed E-state index contributed by atoms with van der Waals surface area (Å²) in [6, 6.07) is 6.36. The van der Waals surface area contributed by atoms with E-state index >= 15 is 0 Å². The number of carbonyl (C=O) groups is 2. The molecule has 0 bridgehead atoms. The first-order valence-corrected chi connectivity index (χ1v) is 9.38. The molecule has 0 radical (unpaired) electrons. The van der Waals surface area contributed by atoms with E-state index in [1.807, 2.05) is 43.9 Å². The highest BCUT2D eigenvalue weighted by atomic mass is 35.5. The third-order valence-corrected chi connectivity index (χ3v) is 5.97. The molecule has 2 atom stereocenters. The molecule has 0 aromatic heterocycles. The zero-order valence-corrected chi connectivity index (χ0v) is 16.6. The van der Waals surface area contributed by atoms with Crippen LogP contribution in [0.2, 0.25) is 5.02 Å². The summed E-state index contributed by atoms with van der Waals surface area (Å²) < 4.78 is 0. The first kappa shape index (κ1) is 17.9. The molecule has 0 spiro atoms. The Morgan fingerprint density at radius 2 is 1.81 bits per heavy atom. The van der Waals surface area contributed by atoms with E-state index in [1.165, 1.54) is 4.90 Å². The molecule has 7 nitrogen and oxygen atoms in total. The Balaban J connectivity index is 1.70. The van der Waals surface area contributed by atoms with Crippen LogP contribution in [0.15, 0.2) is 40.7 Å². The van der Waals surface area contributed by atoms with Crippen LogP contribution in [0.4, 0.5) is 4.79 Å². The molecular weight excluding hydrogens is 366 g/mol. The van der Waals surface area contributed by atoms with Crippen molar-refractivity contribution < 1.29 is 9.59 Å². The van der Waals surface area contributed by atoms with E-state index in [1.54, 1.807) is 18.0 Å². The normalized spacial score (nSPS) is 24.7. The van der Waals surface area contributed by atoms with Crippen molar-refractivity contribution in [3.05, 3.63) is 46.2 Å². The van der Waals surface area contributed by atoms with Gasteiger partial charge in [-0.25, -0.2) is 9.79 Å². The molecule has 3 aliphatic heterocycles.